The topological polar surface area (TPSA) is 67.6 Å². The summed E-state index contributed by atoms with van der Waals surface area (Å²) in [5.74, 6) is -0.226. The number of rotatable bonds is 2. The number of nitrogens with two attached hydrogens (primary N) is 1. The number of halogens is 1. The second-order valence-electron chi connectivity index (χ2n) is 5.80. The van der Waals surface area contributed by atoms with Gasteiger partial charge in [-0.1, -0.05) is 6.07 Å². The molecular weight excluding hydrogens is 303 g/mol. The van der Waals surface area contributed by atoms with Crippen LogP contribution in [0.4, 0.5) is 10.1 Å². The predicted octanol–water partition coefficient (Wildman–Crippen LogP) is 4.32. The van der Waals surface area contributed by atoms with Crippen molar-refractivity contribution in [2.45, 2.75) is 6.92 Å². The van der Waals surface area contributed by atoms with Crippen LogP contribution in [0.15, 0.2) is 54.9 Å². The second kappa shape index (κ2) is 5.45. The standard InChI is InChI=1S/C19H15FN4/c1-11-6-13(2-4-17(11)20)19-16(8-15(21)10-22-19)12-3-5-18-14(7-12)9-23-24-18/h2-10H,21H2,1H3,(H,23,24). The van der Waals surface area contributed by atoms with Crippen LogP contribution in [0.3, 0.4) is 0 Å². The SMILES string of the molecule is Cc1cc(-c2ncc(N)cc2-c2ccc3[nH]ncc3c2)ccc1F. The Labute approximate surface area is 138 Å². The normalized spacial score (nSPS) is 11.1. The van der Waals surface area contributed by atoms with E-state index in [4.69, 9.17) is 5.73 Å². The Morgan fingerprint density at radius 2 is 1.83 bits per heavy atom. The smallest absolute Gasteiger partial charge is 0.126 e. The van der Waals surface area contributed by atoms with Gasteiger partial charge in [0.15, 0.2) is 0 Å². The Morgan fingerprint density at radius 3 is 2.67 bits per heavy atom. The molecule has 0 saturated heterocycles. The van der Waals surface area contributed by atoms with Crippen molar-refractivity contribution < 1.29 is 4.39 Å². The number of hydrogen-bond acceptors (Lipinski definition) is 3. The highest BCUT2D eigenvalue weighted by molar-refractivity contribution is 5.89. The van der Waals surface area contributed by atoms with Crippen molar-refractivity contribution in [2.75, 3.05) is 5.73 Å². The number of anilines is 1. The van der Waals surface area contributed by atoms with Crippen LogP contribution in [0.5, 0.6) is 0 Å². The van der Waals surface area contributed by atoms with Gasteiger partial charge in [0.25, 0.3) is 0 Å². The van der Waals surface area contributed by atoms with Gasteiger partial charge in [0, 0.05) is 16.5 Å². The average Bonchev–Trinajstić information content (AvgIpc) is 3.05. The molecule has 5 heteroatoms. The molecule has 3 N–H and O–H groups in total. The molecule has 0 saturated carbocycles. The first-order chi connectivity index (χ1) is 11.6. The van der Waals surface area contributed by atoms with E-state index >= 15 is 0 Å². The van der Waals surface area contributed by atoms with E-state index in [0.29, 0.717) is 11.3 Å². The third-order valence-corrected chi connectivity index (χ3v) is 4.09. The van der Waals surface area contributed by atoms with E-state index in [1.807, 2.05) is 24.3 Å². The molecule has 24 heavy (non-hydrogen) atoms. The third kappa shape index (κ3) is 2.40. The molecule has 0 fully saturated rings. The lowest BCUT2D eigenvalue weighted by molar-refractivity contribution is 0.619. The number of nitrogens with one attached hydrogen (secondary N) is 1. The lowest BCUT2D eigenvalue weighted by atomic mass is 9.97. The molecule has 0 aliphatic heterocycles. The Balaban J connectivity index is 1.93. The summed E-state index contributed by atoms with van der Waals surface area (Å²) in [6.45, 7) is 1.74. The molecule has 0 atom stereocenters. The Kier molecular flexibility index (Phi) is 3.27. The zero-order chi connectivity index (χ0) is 16.7. The molecule has 0 aliphatic carbocycles. The first-order valence-corrected chi connectivity index (χ1v) is 7.57. The van der Waals surface area contributed by atoms with Crippen LogP contribution in [0.1, 0.15) is 5.56 Å². The molecule has 0 spiro atoms. The van der Waals surface area contributed by atoms with Crippen LogP contribution >= 0.6 is 0 Å². The van der Waals surface area contributed by atoms with Crippen LogP contribution in [0.2, 0.25) is 0 Å². The summed E-state index contributed by atoms with van der Waals surface area (Å²) >= 11 is 0. The molecular formula is C19H15FN4. The highest BCUT2D eigenvalue weighted by Crippen LogP contribution is 2.33. The van der Waals surface area contributed by atoms with Gasteiger partial charge >= 0.3 is 0 Å². The predicted molar refractivity (Wildman–Crippen MR) is 93.9 cm³/mol. The highest BCUT2D eigenvalue weighted by atomic mass is 19.1. The molecule has 0 radical (unpaired) electrons. The van der Waals surface area contributed by atoms with E-state index in [0.717, 1.165) is 33.3 Å². The largest absolute Gasteiger partial charge is 0.397 e. The fourth-order valence-corrected chi connectivity index (χ4v) is 2.83. The van der Waals surface area contributed by atoms with E-state index in [1.54, 1.807) is 31.5 Å². The number of pyridine rings is 1. The van der Waals surface area contributed by atoms with Crippen LogP contribution in [-0.4, -0.2) is 15.2 Å². The maximum Gasteiger partial charge on any atom is 0.126 e. The number of aryl methyl sites for hydroxylation is 1. The quantitative estimate of drug-likeness (QED) is 0.578. The van der Waals surface area contributed by atoms with Crippen LogP contribution < -0.4 is 5.73 Å². The summed E-state index contributed by atoms with van der Waals surface area (Å²) in [4.78, 5) is 4.49. The molecule has 0 bridgehead atoms. The summed E-state index contributed by atoms with van der Waals surface area (Å²) in [5.41, 5.74) is 11.6. The van der Waals surface area contributed by atoms with Crippen molar-refractivity contribution in [3.05, 3.63) is 66.2 Å². The van der Waals surface area contributed by atoms with Gasteiger partial charge in [-0.05, 0) is 54.4 Å². The monoisotopic (exact) mass is 318 g/mol. The van der Waals surface area contributed by atoms with Crippen LogP contribution in [-0.2, 0) is 0 Å². The number of benzene rings is 2. The first-order valence-electron chi connectivity index (χ1n) is 7.57. The maximum atomic E-state index is 13.6. The van der Waals surface area contributed by atoms with E-state index in [9.17, 15) is 4.39 Å². The lowest BCUT2D eigenvalue weighted by Gasteiger charge is -2.11. The Morgan fingerprint density at radius 1 is 1.00 bits per heavy atom. The first kappa shape index (κ1) is 14.4. The molecule has 4 nitrogen and oxygen atoms in total. The molecule has 2 aromatic heterocycles. The molecule has 0 unspecified atom stereocenters. The van der Waals surface area contributed by atoms with Crippen molar-refractivity contribution in [1.29, 1.82) is 0 Å². The van der Waals surface area contributed by atoms with Gasteiger partial charge in [-0.2, -0.15) is 5.10 Å². The van der Waals surface area contributed by atoms with Crippen molar-refractivity contribution in [1.82, 2.24) is 15.2 Å². The van der Waals surface area contributed by atoms with E-state index < -0.39 is 0 Å². The lowest BCUT2D eigenvalue weighted by Crippen LogP contribution is -1.94. The molecule has 2 heterocycles. The Bertz CT molecular complexity index is 1050. The fraction of sp³-hybridized carbons (Fsp3) is 0.0526. The van der Waals surface area contributed by atoms with Gasteiger partial charge in [0.1, 0.15) is 5.82 Å². The molecule has 4 aromatic rings. The summed E-state index contributed by atoms with van der Waals surface area (Å²) in [7, 11) is 0. The molecule has 0 amide bonds. The van der Waals surface area contributed by atoms with Crippen LogP contribution in [0, 0.1) is 12.7 Å². The number of aromatic amines is 1. The maximum absolute atomic E-state index is 13.6. The number of nitrogen functional groups attached to an aromatic ring is 1. The van der Waals surface area contributed by atoms with Gasteiger partial charge in [-0.25, -0.2) is 4.39 Å². The number of H-pyrrole nitrogens is 1. The van der Waals surface area contributed by atoms with Crippen LogP contribution in [0.25, 0.3) is 33.3 Å². The molecule has 0 aliphatic rings. The van der Waals surface area contributed by atoms with Crippen molar-refractivity contribution in [2.24, 2.45) is 0 Å². The number of nitrogens with zero attached hydrogens (tertiary/aromatic N) is 2. The average molecular weight is 318 g/mol. The van der Waals surface area contributed by atoms with Crippen molar-refractivity contribution >= 4 is 16.6 Å². The van der Waals surface area contributed by atoms with E-state index in [1.165, 1.54) is 6.07 Å². The van der Waals surface area contributed by atoms with Gasteiger partial charge in [0.05, 0.1) is 29.3 Å². The van der Waals surface area contributed by atoms with Gasteiger partial charge in [-0.15, -0.1) is 0 Å². The minimum atomic E-state index is -0.226. The summed E-state index contributed by atoms with van der Waals surface area (Å²) in [6, 6.07) is 12.9. The zero-order valence-electron chi connectivity index (χ0n) is 13.0. The molecule has 118 valence electrons. The van der Waals surface area contributed by atoms with E-state index in [2.05, 4.69) is 15.2 Å². The number of aromatic nitrogens is 3. The fourth-order valence-electron chi connectivity index (χ4n) is 2.83. The van der Waals surface area contributed by atoms with Gasteiger partial charge in [-0.3, -0.25) is 10.1 Å². The third-order valence-electron chi connectivity index (χ3n) is 4.09. The Hall–Kier alpha value is -3.21. The highest BCUT2D eigenvalue weighted by Gasteiger charge is 2.12. The minimum Gasteiger partial charge on any atom is -0.397 e. The zero-order valence-corrected chi connectivity index (χ0v) is 13.0. The van der Waals surface area contributed by atoms with Crippen molar-refractivity contribution in [3.63, 3.8) is 0 Å². The summed E-state index contributed by atoms with van der Waals surface area (Å²) in [5, 5.41) is 8.00. The number of fused-ring (bicyclic) bond motifs is 1. The van der Waals surface area contributed by atoms with E-state index in [-0.39, 0.29) is 5.82 Å². The van der Waals surface area contributed by atoms with Gasteiger partial charge < -0.3 is 5.73 Å². The van der Waals surface area contributed by atoms with Crippen molar-refractivity contribution in [3.8, 4) is 22.4 Å². The number of hydrogen-bond donors (Lipinski definition) is 2. The second-order valence-corrected chi connectivity index (χ2v) is 5.80. The van der Waals surface area contributed by atoms with Gasteiger partial charge in [0.2, 0.25) is 0 Å². The molecule has 4 rings (SSSR count). The molecule has 2 aromatic carbocycles. The summed E-state index contributed by atoms with van der Waals surface area (Å²) in [6.07, 6.45) is 3.40. The summed E-state index contributed by atoms with van der Waals surface area (Å²) < 4.78 is 13.6. The minimum absolute atomic E-state index is 0.226.